The summed E-state index contributed by atoms with van der Waals surface area (Å²) in [6.45, 7) is 9.21. The number of aliphatic hydroxyl groups is 1. The fourth-order valence-electron chi connectivity index (χ4n) is 1.46. The summed E-state index contributed by atoms with van der Waals surface area (Å²) in [5.74, 6) is 0.742. The molecule has 0 unspecified atom stereocenters. The van der Waals surface area contributed by atoms with E-state index >= 15 is 0 Å². The van der Waals surface area contributed by atoms with Gasteiger partial charge in [0.2, 0.25) is 0 Å². The smallest absolute Gasteiger partial charge is 0.137 e. The quantitative estimate of drug-likeness (QED) is 0.858. The molecule has 0 radical (unpaired) electrons. The second-order valence-corrected chi connectivity index (χ2v) is 6.09. The summed E-state index contributed by atoms with van der Waals surface area (Å²) in [4.78, 5) is 0. The Morgan fingerprint density at radius 2 is 2.06 bits per heavy atom. The van der Waals surface area contributed by atoms with E-state index in [1.54, 1.807) is 6.07 Å². The van der Waals surface area contributed by atoms with Gasteiger partial charge in [0.05, 0.1) is 5.54 Å². The van der Waals surface area contributed by atoms with Gasteiger partial charge in [-0.25, -0.2) is 0 Å². The first-order valence-electron chi connectivity index (χ1n) is 6.19. The Hall–Kier alpha value is -0.770. The minimum Gasteiger partial charge on any atom is -0.491 e. The number of aliphatic hydroxyl groups excluding tert-OH is 1. The molecule has 0 spiro atoms. The molecule has 0 bridgehead atoms. The van der Waals surface area contributed by atoms with E-state index in [2.05, 4.69) is 26.1 Å². The summed E-state index contributed by atoms with van der Waals surface area (Å²) in [5.41, 5.74) is 1.10. The lowest BCUT2D eigenvalue weighted by molar-refractivity contribution is -0.722. The summed E-state index contributed by atoms with van der Waals surface area (Å²) in [6.07, 6.45) is -0.472. The van der Waals surface area contributed by atoms with Crippen molar-refractivity contribution in [1.82, 2.24) is 0 Å². The van der Waals surface area contributed by atoms with Crippen LogP contribution in [0.2, 0.25) is 5.02 Å². The lowest BCUT2D eigenvalue weighted by Gasteiger charge is -2.19. The molecule has 0 heterocycles. The number of hydrogen-bond donors (Lipinski definition) is 2. The van der Waals surface area contributed by atoms with Gasteiger partial charge >= 0.3 is 0 Å². The lowest BCUT2D eigenvalue weighted by atomic mass is 10.1. The Bertz CT molecular complexity index is 388. The second kappa shape index (κ2) is 6.41. The summed E-state index contributed by atoms with van der Waals surface area (Å²) < 4.78 is 5.54. The highest BCUT2D eigenvalue weighted by Gasteiger charge is 2.16. The van der Waals surface area contributed by atoms with E-state index in [0.717, 1.165) is 16.3 Å². The number of hydrogen-bond acceptors (Lipinski definition) is 2. The molecule has 0 aromatic heterocycles. The van der Waals surface area contributed by atoms with Crippen molar-refractivity contribution in [1.29, 1.82) is 0 Å². The van der Waals surface area contributed by atoms with Gasteiger partial charge in [0, 0.05) is 5.02 Å². The second-order valence-electron chi connectivity index (χ2n) is 5.68. The summed E-state index contributed by atoms with van der Waals surface area (Å²) in [6, 6.07) is 5.50. The van der Waals surface area contributed by atoms with Crippen molar-refractivity contribution >= 4 is 11.6 Å². The maximum absolute atomic E-state index is 9.82. The average Bonchev–Trinajstić information content (AvgIpc) is 2.27. The van der Waals surface area contributed by atoms with Crippen LogP contribution in [-0.2, 0) is 0 Å². The van der Waals surface area contributed by atoms with Crippen LogP contribution >= 0.6 is 11.6 Å². The number of nitrogens with two attached hydrogens (primary N) is 1. The topological polar surface area (TPSA) is 46.1 Å². The molecule has 4 heteroatoms. The van der Waals surface area contributed by atoms with Gasteiger partial charge in [0.25, 0.3) is 0 Å². The number of benzene rings is 1. The molecular formula is C14H23ClNO2+. The summed E-state index contributed by atoms with van der Waals surface area (Å²) in [5, 5.41) is 12.6. The maximum atomic E-state index is 9.82. The van der Waals surface area contributed by atoms with Crippen LogP contribution < -0.4 is 10.1 Å². The highest BCUT2D eigenvalue weighted by Crippen LogP contribution is 2.20. The van der Waals surface area contributed by atoms with Crippen LogP contribution in [0.3, 0.4) is 0 Å². The Morgan fingerprint density at radius 1 is 1.39 bits per heavy atom. The van der Waals surface area contributed by atoms with Gasteiger partial charge in [0.15, 0.2) is 0 Å². The van der Waals surface area contributed by atoms with Crippen molar-refractivity contribution in [2.24, 2.45) is 0 Å². The zero-order valence-corrected chi connectivity index (χ0v) is 12.3. The molecule has 1 rings (SSSR count). The fourth-order valence-corrected chi connectivity index (χ4v) is 1.57. The molecule has 0 aliphatic rings. The van der Waals surface area contributed by atoms with E-state index in [1.807, 2.05) is 19.1 Å². The van der Waals surface area contributed by atoms with E-state index < -0.39 is 6.10 Å². The van der Waals surface area contributed by atoms with E-state index in [9.17, 15) is 5.11 Å². The maximum Gasteiger partial charge on any atom is 0.137 e. The van der Waals surface area contributed by atoms with Gasteiger partial charge in [-0.2, -0.15) is 0 Å². The van der Waals surface area contributed by atoms with Gasteiger partial charge in [-0.3, -0.25) is 0 Å². The van der Waals surface area contributed by atoms with Crippen LogP contribution in [0.1, 0.15) is 26.3 Å². The lowest BCUT2D eigenvalue weighted by Crippen LogP contribution is -2.96. The fraction of sp³-hybridized carbons (Fsp3) is 0.571. The zero-order valence-electron chi connectivity index (χ0n) is 11.5. The van der Waals surface area contributed by atoms with Crippen molar-refractivity contribution in [2.75, 3.05) is 13.2 Å². The Kier molecular flexibility index (Phi) is 5.45. The predicted octanol–water partition coefficient (Wildman–Crippen LogP) is 1.75. The zero-order chi connectivity index (χ0) is 13.8. The SMILES string of the molecule is Cc1cc(OC[C@H](O)C[NH2+]C(C)(C)C)ccc1Cl. The standard InChI is InChI=1S/C14H22ClNO2/c1-10-7-12(5-6-13(10)15)18-9-11(17)8-16-14(2,3)4/h5-7,11,16-17H,8-9H2,1-4H3/p+1/t11-/m1/s1. The first-order chi connectivity index (χ1) is 8.28. The van der Waals surface area contributed by atoms with Crippen LogP contribution in [0.25, 0.3) is 0 Å². The molecule has 0 fully saturated rings. The minimum atomic E-state index is -0.472. The van der Waals surface area contributed by atoms with E-state index in [1.165, 1.54) is 0 Å². The number of quaternary nitrogens is 1. The molecule has 3 nitrogen and oxygen atoms in total. The molecule has 0 saturated carbocycles. The molecule has 102 valence electrons. The van der Waals surface area contributed by atoms with Crippen molar-refractivity contribution in [2.45, 2.75) is 39.3 Å². The van der Waals surface area contributed by atoms with Crippen LogP contribution in [0.15, 0.2) is 18.2 Å². The first kappa shape index (κ1) is 15.3. The molecule has 0 amide bonds. The van der Waals surface area contributed by atoms with Crippen LogP contribution in [0, 0.1) is 6.92 Å². The molecule has 3 N–H and O–H groups in total. The van der Waals surface area contributed by atoms with Gasteiger partial charge < -0.3 is 15.2 Å². The van der Waals surface area contributed by atoms with Crippen molar-refractivity contribution in [3.63, 3.8) is 0 Å². The highest BCUT2D eigenvalue weighted by molar-refractivity contribution is 6.31. The third kappa shape index (κ3) is 5.71. The van der Waals surface area contributed by atoms with E-state index in [4.69, 9.17) is 16.3 Å². The molecule has 1 aromatic carbocycles. The predicted molar refractivity (Wildman–Crippen MR) is 74.2 cm³/mol. The Labute approximate surface area is 114 Å². The van der Waals surface area contributed by atoms with Gasteiger partial charge in [-0.1, -0.05) is 11.6 Å². The largest absolute Gasteiger partial charge is 0.491 e. The number of ether oxygens (including phenoxy) is 1. The molecule has 0 aliphatic carbocycles. The van der Waals surface area contributed by atoms with Crippen LogP contribution in [-0.4, -0.2) is 29.9 Å². The molecule has 1 aromatic rings. The van der Waals surface area contributed by atoms with E-state index in [0.29, 0.717) is 13.2 Å². The molecule has 0 saturated heterocycles. The summed E-state index contributed by atoms with van der Waals surface area (Å²) in [7, 11) is 0. The van der Waals surface area contributed by atoms with Crippen LogP contribution in [0.5, 0.6) is 5.75 Å². The highest BCUT2D eigenvalue weighted by atomic mass is 35.5. The normalized spacial score (nSPS) is 13.4. The van der Waals surface area contributed by atoms with Crippen molar-refractivity contribution in [3.8, 4) is 5.75 Å². The third-order valence-corrected chi connectivity index (χ3v) is 3.00. The number of halogens is 1. The molecular weight excluding hydrogens is 250 g/mol. The Balaban J connectivity index is 2.38. The minimum absolute atomic E-state index is 0.123. The molecule has 0 aliphatic heterocycles. The first-order valence-corrected chi connectivity index (χ1v) is 6.57. The molecule has 1 atom stereocenters. The monoisotopic (exact) mass is 272 g/mol. The summed E-state index contributed by atoms with van der Waals surface area (Å²) >= 11 is 5.93. The Morgan fingerprint density at radius 3 is 2.61 bits per heavy atom. The van der Waals surface area contributed by atoms with Gasteiger partial charge in [-0.05, 0) is 51.5 Å². The average molecular weight is 273 g/mol. The van der Waals surface area contributed by atoms with Crippen molar-refractivity contribution in [3.05, 3.63) is 28.8 Å². The number of aryl methyl sites for hydroxylation is 1. The third-order valence-electron chi connectivity index (χ3n) is 2.57. The van der Waals surface area contributed by atoms with Gasteiger partial charge in [-0.15, -0.1) is 0 Å². The number of rotatable bonds is 5. The van der Waals surface area contributed by atoms with Gasteiger partial charge in [0.1, 0.15) is 25.0 Å². The van der Waals surface area contributed by atoms with Crippen LogP contribution in [0.4, 0.5) is 0 Å². The molecule has 18 heavy (non-hydrogen) atoms. The van der Waals surface area contributed by atoms with Crippen molar-refractivity contribution < 1.29 is 15.2 Å². The van der Waals surface area contributed by atoms with E-state index in [-0.39, 0.29) is 5.54 Å².